The summed E-state index contributed by atoms with van der Waals surface area (Å²) in [6.07, 6.45) is 0.934. The van der Waals surface area contributed by atoms with Crippen LogP contribution in [0.2, 0.25) is 0 Å². The molecule has 8 heteroatoms. The molecule has 0 aliphatic heterocycles. The maximum Gasteiger partial charge on any atom is 0.241 e. The highest BCUT2D eigenvalue weighted by Gasteiger charge is 2.17. The Kier molecular flexibility index (Phi) is 8.04. The first-order valence-corrected chi connectivity index (χ1v) is 11.1. The number of ether oxygens (including phenoxy) is 1. The molecule has 0 bridgehead atoms. The Labute approximate surface area is 173 Å². The van der Waals surface area contributed by atoms with E-state index in [0.29, 0.717) is 17.1 Å². The van der Waals surface area contributed by atoms with Gasteiger partial charge in [0.25, 0.3) is 0 Å². The topological polar surface area (TPSA) is 87.7 Å². The van der Waals surface area contributed by atoms with Crippen molar-refractivity contribution < 1.29 is 17.9 Å². The summed E-state index contributed by atoms with van der Waals surface area (Å²) in [7, 11) is 0.197. The molecular weight excluding hydrogens is 390 g/mol. The number of sulfonamides is 1. The number of nitrogens with zero attached hydrogens (tertiary/aromatic N) is 1. The summed E-state index contributed by atoms with van der Waals surface area (Å²) in [5, 5.41) is 2.62. The van der Waals surface area contributed by atoms with Crippen molar-refractivity contribution in [3.05, 3.63) is 54.1 Å². The number of amides is 1. The van der Waals surface area contributed by atoms with Crippen LogP contribution in [0, 0.1) is 0 Å². The van der Waals surface area contributed by atoms with Crippen molar-refractivity contribution >= 4 is 27.3 Å². The van der Waals surface area contributed by atoms with E-state index in [-0.39, 0.29) is 6.10 Å². The Morgan fingerprint density at radius 3 is 2.14 bits per heavy atom. The fourth-order valence-corrected chi connectivity index (χ4v) is 3.55. The molecular formula is C21H29N3O4S. The van der Waals surface area contributed by atoms with Crippen molar-refractivity contribution in [2.75, 3.05) is 36.4 Å². The molecule has 0 aromatic heterocycles. The monoisotopic (exact) mass is 419 g/mol. The lowest BCUT2D eigenvalue weighted by Gasteiger charge is -2.12. The van der Waals surface area contributed by atoms with Gasteiger partial charge in [0.15, 0.2) is 0 Å². The van der Waals surface area contributed by atoms with Crippen LogP contribution in [-0.4, -0.2) is 51.7 Å². The van der Waals surface area contributed by atoms with Crippen LogP contribution in [0.1, 0.15) is 19.4 Å². The van der Waals surface area contributed by atoms with E-state index in [9.17, 15) is 13.2 Å². The fraction of sp³-hybridized carbons (Fsp3) is 0.381. The number of nitrogens with one attached hydrogen (secondary N) is 2. The van der Waals surface area contributed by atoms with Gasteiger partial charge in [0.05, 0.1) is 6.10 Å². The second kappa shape index (κ2) is 10.3. The van der Waals surface area contributed by atoms with Crippen molar-refractivity contribution in [3.63, 3.8) is 0 Å². The molecule has 0 unspecified atom stereocenters. The van der Waals surface area contributed by atoms with E-state index in [2.05, 4.69) is 14.9 Å². The van der Waals surface area contributed by atoms with Crippen molar-refractivity contribution in [2.24, 2.45) is 0 Å². The number of rotatable bonds is 10. The molecule has 0 aliphatic carbocycles. The van der Waals surface area contributed by atoms with Gasteiger partial charge in [-0.05, 0) is 76.3 Å². The second-order valence-electron chi connectivity index (χ2n) is 7.35. The van der Waals surface area contributed by atoms with Crippen LogP contribution in [0.5, 0.6) is 5.75 Å². The van der Waals surface area contributed by atoms with Gasteiger partial charge in [0.2, 0.25) is 15.9 Å². The Bertz CT molecular complexity index is 893. The zero-order valence-corrected chi connectivity index (χ0v) is 18.1. The third kappa shape index (κ3) is 8.53. The van der Waals surface area contributed by atoms with Crippen LogP contribution in [0.15, 0.2) is 48.5 Å². The van der Waals surface area contributed by atoms with E-state index in [1.807, 2.05) is 40.1 Å². The lowest BCUT2D eigenvalue weighted by atomic mass is 10.1. The molecule has 0 fully saturated rings. The molecule has 0 saturated heterocycles. The van der Waals surface area contributed by atoms with Crippen molar-refractivity contribution in [1.29, 1.82) is 0 Å². The molecule has 2 aromatic rings. The van der Waals surface area contributed by atoms with Gasteiger partial charge in [-0.1, -0.05) is 12.1 Å². The average molecular weight is 420 g/mol. The molecule has 2 rings (SSSR count). The third-order valence-electron chi connectivity index (χ3n) is 3.91. The first-order valence-electron chi connectivity index (χ1n) is 9.44. The smallest absolute Gasteiger partial charge is 0.241 e. The van der Waals surface area contributed by atoms with E-state index < -0.39 is 21.7 Å². The summed E-state index contributed by atoms with van der Waals surface area (Å²) < 4.78 is 32.4. The Morgan fingerprint density at radius 1 is 1.00 bits per heavy atom. The van der Waals surface area contributed by atoms with E-state index >= 15 is 0 Å². The molecule has 0 atom stereocenters. The minimum Gasteiger partial charge on any atom is -0.491 e. The number of anilines is 2. The molecule has 0 saturated carbocycles. The molecule has 0 radical (unpaired) electrons. The Hall–Kier alpha value is -2.58. The van der Waals surface area contributed by atoms with Crippen LogP contribution >= 0.6 is 0 Å². The van der Waals surface area contributed by atoms with Crippen molar-refractivity contribution in [1.82, 2.24) is 4.90 Å². The molecule has 29 heavy (non-hydrogen) atoms. The molecule has 1 amide bonds. The van der Waals surface area contributed by atoms with E-state index in [4.69, 9.17) is 4.74 Å². The van der Waals surface area contributed by atoms with Crippen LogP contribution < -0.4 is 14.8 Å². The molecule has 158 valence electrons. The SMILES string of the molecule is CC(C)Oc1ccc(NS(=O)(=O)CC(=O)Nc2ccc(CCN(C)C)cc2)cc1. The number of likely N-dealkylation sites (N-methyl/N-ethyl adjacent to an activating group) is 1. The standard InChI is InChI=1S/C21H29N3O4S/c1-16(2)28-20-11-9-19(10-12-20)23-29(26,27)15-21(25)22-18-7-5-17(6-8-18)13-14-24(3)4/h5-12,16,23H,13-15H2,1-4H3,(H,22,25). The van der Waals surface area contributed by atoms with Crippen LogP contribution in [0.25, 0.3) is 0 Å². The number of carbonyl (C=O) groups is 1. The number of benzene rings is 2. The summed E-state index contributed by atoms with van der Waals surface area (Å²) in [6.45, 7) is 4.75. The predicted molar refractivity (Wildman–Crippen MR) is 117 cm³/mol. The van der Waals surface area contributed by atoms with Gasteiger partial charge in [-0.25, -0.2) is 8.42 Å². The van der Waals surface area contributed by atoms with Gasteiger partial charge < -0.3 is 15.0 Å². The molecule has 0 heterocycles. The van der Waals surface area contributed by atoms with Gasteiger partial charge in [-0.2, -0.15) is 0 Å². The predicted octanol–water partition coefficient (Wildman–Crippen LogP) is 2.96. The quantitative estimate of drug-likeness (QED) is 0.618. The minimum atomic E-state index is -3.82. The summed E-state index contributed by atoms with van der Waals surface area (Å²) >= 11 is 0. The zero-order chi connectivity index (χ0) is 21.4. The minimum absolute atomic E-state index is 0.0308. The number of carbonyl (C=O) groups excluding carboxylic acids is 1. The van der Waals surface area contributed by atoms with Gasteiger partial charge in [-0.15, -0.1) is 0 Å². The highest BCUT2D eigenvalue weighted by molar-refractivity contribution is 7.93. The summed E-state index contributed by atoms with van der Waals surface area (Å²) in [5.74, 6) is -0.618. The lowest BCUT2D eigenvalue weighted by molar-refractivity contribution is -0.113. The average Bonchev–Trinajstić information content (AvgIpc) is 2.61. The van der Waals surface area contributed by atoms with Crippen LogP contribution in [-0.2, 0) is 21.2 Å². The van der Waals surface area contributed by atoms with Gasteiger partial charge in [0, 0.05) is 17.9 Å². The van der Waals surface area contributed by atoms with E-state index in [0.717, 1.165) is 18.5 Å². The molecule has 7 nitrogen and oxygen atoms in total. The first kappa shape index (κ1) is 22.7. The summed E-state index contributed by atoms with van der Waals surface area (Å²) in [5.41, 5.74) is 2.09. The van der Waals surface area contributed by atoms with Crippen LogP contribution in [0.4, 0.5) is 11.4 Å². The maximum atomic E-state index is 12.3. The molecule has 0 spiro atoms. The highest BCUT2D eigenvalue weighted by atomic mass is 32.2. The maximum absolute atomic E-state index is 12.3. The summed E-state index contributed by atoms with van der Waals surface area (Å²) in [6, 6.07) is 13.9. The van der Waals surface area contributed by atoms with E-state index in [1.165, 1.54) is 0 Å². The number of hydrogen-bond acceptors (Lipinski definition) is 5. The second-order valence-corrected chi connectivity index (χ2v) is 9.07. The molecule has 0 aliphatic rings. The van der Waals surface area contributed by atoms with Crippen LogP contribution in [0.3, 0.4) is 0 Å². The van der Waals surface area contributed by atoms with Crippen molar-refractivity contribution in [2.45, 2.75) is 26.4 Å². The zero-order valence-electron chi connectivity index (χ0n) is 17.3. The van der Waals surface area contributed by atoms with Gasteiger partial charge in [0.1, 0.15) is 11.5 Å². The van der Waals surface area contributed by atoms with Gasteiger partial charge in [-0.3, -0.25) is 9.52 Å². The Morgan fingerprint density at radius 2 is 1.59 bits per heavy atom. The summed E-state index contributed by atoms with van der Waals surface area (Å²) in [4.78, 5) is 14.2. The number of hydrogen-bond donors (Lipinski definition) is 2. The molecule has 2 aromatic carbocycles. The van der Waals surface area contributed by atoms with E-state index in [1.54, 1.807) is 36.4 Å². The van der Waals surface area contributed by atoms with Crippen molar-refractivity contribution in [3.8, 4) is 5.75 Å². The largest absolute Gasteiger partial charge is 0.491 e. The molecule has 2 N–H and O–H groups in total. The lowest BCUT2D eigenvalue weighted by Crippen LogP contribution is -2.27. The fourth-order valence-electron chi connectivity index (χ4n) is 2.57. The normalized spacial score (nSPS) is 11.5. The highest BCUT2D eigenvalue weighted by Crippen LogP contribution is 2.18. The first-order chi connectivity index (χ1) is 13.6. The Balaban J connectivity index is 1.88. The third-order valence-corrected chi connectivity index (χ3v) is 5.09. The van der Waals surface area contributed by atoms with Gasteiger partial charge >= 0.3 is 0 Å².